The molecule has 0 fully saturated rings. The van der Waals surface area contributed by atoms with E-state index in [0.717, 1.165) is 32.6 Å². The van der Waals surface area contributed by atoms with Crippen LogP contribution < -0.4 is 5.46 Å². The summed E-state index contributed by atoms with van der Waals surface area (Å²) in [5.74, 6) is 0. The Morgan fingerprint density at radius 2 is 0.765 bits per heavy atom. The largest absolute Gasteiger partial charge is 0.450 e. The van der Waals surface area contributed by atoms with Crippen LogP contribution >= 0.6 is 0 Å². The molecule has 0 heterocycles. The summed E-state index contributed by atoms with van der Waals surface area (Å²) in [6.07, 6.45) is 0. The lowest BCUT2D eigenvalue weighted by Gasteiger charge is -2.18. The molecule has 1 radical (unpaired) electrons. The van der Waals surface area contributed by atoms with Crippen LogP contribution in [-0.4, -0.2) is 12.5 Å². The molecule has 0 aliphatic rings. The molecule has 0 unspecified atom stereocenters. The lowest BCUT2D eigenvalue weighted by molar-refractivity contribution is 0.616. The number of benzene rings is 6. The van der Waals surface area contributed by atoms with Crippen molar-refractivity contribution in [1.29, 1.82) is 0 Å². The molecule has 159 valence electrons. The first-order valence-corrected chi connectivity index (χ1v) is 11.5. The Labute approximate surface area is 200 Å². The van der Waals surface area contributed by atoms with Gasteiger partial charge >= 0.3 is 7.48 Å². The molecule has 1 nitrogen and oxygen atoms in total. The fraction of sp³-hybridized carbons (Fsp3) is 0. The zero-order valence-electron chi connectivity index (χ0n) is 18.6. The Hall–Kier alpha value is -4.14. The predicted octanol–water partition coefficient (Wildman–Crippen LogP) is 7.23. The molecule has 0 aromatic heterocycles. The van der Waals surface area contributed by atoms with Crippen molar-refractivity contribution in [2.45, 2.75) is 0 Å². The van der Waals surface area contributed by atoms with E-state index in [4.69, 9.17) is 0 Å². The summed E-state index contributed by atoms with van der Waals surface area (Å²) >= 11 is 0. The predicted molar refractivity (Wildman–Crippen MR) is 145 cm³/mol. The van der Waals surface area contributed by atoms with E-state index in [2.05, 4.69) is 115 Å². The van der Waals surface area contributed by atoms with Crippen LogP contribution in [0.3, 0.4) is 0 Å². The number of hydrogen-bond donors (Lipinski definition) is 1. The van der Waals surface area contributed by atoms with E-state index in [0.29, 0.717) is 0 Å². The molecule has 0 bridgehead atoms. The molecule has 34 heavy (non-hydrogen) atoms. The van der Waals surface area contributed by atoms with Gasteiger partial charge in [0.05, 0.1) is 0 Å². The van der Waals surface area contributed by atoms with E-state index in [1.54, 1.807) is 0 Å². The first kappa shape index (κ1) is 20.5. The van der Waals surface area contributed by atoms with Gasteiger partial charge in [0.1, 0.15) is 0 Å². The van der Waals surface area contributed by atoms with Crippen molar-refractivity contribution in [2.24, 2.45) is 0 Å². The maximum absolute atomic E-state index is 10.2. The highest BCUT2D eigenvalue weighted by molar-refractivity contribution is 6.55. The van der Waals surface area contributed by atoms with E-state index >= 15 is 0 Å². The third-order valence-corrected chi connectivity index (χ3v) is 6.54. The monoisotopic (exact) mass is 433 g/mol. The third-order valence-electron chi connectivity index (χ3n) is 6.54. The fourth-order valence-corrected chi connectivity index (χ4v) is 4.98. The molecule has 0 saturated carbocycles. The summed E-state index contributed by atoms with van der Waals surface area (Å²) in [5.41, 5.74) is 7.96. The Bertz CT molecular complexity index is 1510. The summed E-state index contributed by atoms with van der Waals surface area (Å²) in [6.45, 7) is 0. The van der Waals surface area contributed by atoms with Crippen LogP contribution in [0, 0.1) is 0 Å². The summed E-state index contributed by atoms with van der Waals surface area (Å²) < 4.78 is 0. The van der Waals surface area contributed by atoms with Crippen LogP contribution in [0.2, 0.25) is 0 Å². The Morgan fingerprint density at radius 3 is 1.21 bits per heavy atom. The van der Waals surface area contributed by atoms with E-state index < -0.39 is 0 Å². The average Bonchev–Trinajstić information content (AvgIpc) is 2.92. The van der Waals surface area contributed by atoms with Gasteiger partial charge in [-0.1, -0.05) is 109 Å². The Balaban J connectivity index is 1.73. The molecule has 6 rings (SSSR count). The Morgan fingerprint density at radius 1 is 0.382 bits per heavy atom. The maximum atomic E-state index is 10.2. The number of hydrogen-bond acceptors (Lipinski definition) is 1. The average molecular weight is 433 g/mol. The van der Waals surface area contributed by atoms with Gasteiger partial charge in [-0.2, -0.15) is 0 Å². The van der Waals surface area contributed by atoms with Crippen molar-refractivity contribution in [3.63, 3.8) is 0 Å². The summed E-state index contributed by atoms with van der Waals surface area (Å²) in [4.78, 5) is 0. The number of fused-ring (bicyclic) bond motifs is 2. The summed E-state index contributed by atoms with van der Waals surface area (Å²) in [7, 11) is 1.24. The van der Waals surface area contributed by atoms with Crippen molar-refractivity contribution in [3.8, 4) is 33.4 Å². The summed E-state index contributed by atoms with van der Waals surface area (Å²) in [5, 5.41) is 14.5. The van der Waals surface area contributed by atoms with Crippen LogP contribution in [-0.2, 0) is 0 Å². The van der Waals surface area contributed by atoms with Crippen LogP contribution in [0.1, 0.15) is 0 Å². The molecule has 0 saturated heterocycles. The van der Waals surface area contributed by atoms with E-state index in [-0.39, 0.29) is 0 Å². The zero-order chi connectivity index (χ0) is 22.9. The lowest BCUT2D eigenvalue weighted by Crippen LogP contribution is -2.16. The van der Waals surface area contributed by atoms with Gasteiger partial charge < -0.3 is 5.02 Å². The van der Waals surface area contributed by atoms with Gasteiger partial charge in [0, 0.05) is 0 Å². The molecule has 0 aliphatic heterocycles. The quantitative estimate of drug-likeness (QED) is 0.230. The smallest absolute Gasteiger partial charge is 0.328 e. The fourth-order valence-electron chi connectivity index (χ4n) is 4.98. The molecule has 0 aliphatic carbocycles. The second-order valence-electron chi connectivity index (χ2n) is 8.54. The molecular weight excluding hydrogens is 411 g/mol. The summed E-state index contributed by atoms with van der Waals surface area (Å²) in [6, 6.07) is 44.6. The topological polar surface area (TPSA) is 20.2 Å². The second kappa shape index (κ2) is 8.66. The molecule has 0 amide bonds. The first-order valence-electron chi connectivity index (χ1n) is 11.5. The lowest BCUT2D eigenvalue weighted by atomic mass is 9.77. The first-order chi connectivity index (χ1) is 16.8. The molecule has 2 heteroatoms. The minimum atomic E-state index is 0.859. The van der Waals surface area contributed by atoms with Crippen LogP contribution in [0.15, 0.2) is 127 Å². The molecule has 6 aromatic rings. The maximum Gasteiger partial charge on any atom is 0.328 e. The third kappa shape index (κ3) is 3.49. The molecular formula is C32H22BO. The van der Waals surface area contributed by atoms with Crippen LogP contribution in [0.4, 0.5) is 0 Å². The molecule has 1 N–H and O–H groups in total. The second-order valence-corrected chi connectivity index (χ2v) is 8.54. The van der Waals surface area contributed by atoms with E-state index in [1.165, 1.54) is 35.3 Å². The van der Waals surface area contributed by atoms with Crippen molar-refractivity contribution >= 4 is 34.5 Å². The van der Waals surface area contributed by atoms with Gasteiger partial charge in [-0.3, -0.25) is 0 Å². The highest BCUT2D eigenvalue weighted by Gasteiger charge is 2.16. The van der Waals surface area contributed by atoms with Crippen molar-refractivity contribution in [1.82, 2.24) is 0 Å². The van der Waals surface area contributed by atoms with Gasteiger partial charge in [-0.05, 0) is 78.6 Å². The molecule has 6 aromatic carbocycles. The van der Waals surface area contributed by atoms with E-state index in [9.17, 15) is 5.02 Å². The minimum absolute atomic E-state index is 0.859. The van der Waals surface area contributed by atoms with Gasteiger partial charge in [-0.25, -0.2) is 0 Å². The highest BCUT2D eigenvalue weighted by Crippen LogP contribution is 2.39. The standard InChI is InChI=1S/C32H22BO/c34-33-32-29-17-9-7-15-27(29)31(28-16-8-10-18-30(28)32)26-20-24(22-11-3-1-4-12-22)19-25(21-26)23-13-5-2-6-14-23/h1-21,34H. The van der Waals surface area contributed by atoms with E-state index in [1.807, 2.05) is 12.1 Å². The van der Waals surface area contributed by atoms with Gasteiger partial charge in [0.2, 0.25) is 0 Å². The van der Waals surface area contributed by atoms with Crippen LogP contribution in [0.25, 0.3) is 54.9 Å². The van der Waals surface area contributed by atoms with Crippen molar-refractivity contribution in [2.75, 3.05) is 0 Å². The van der Waals surface area contributed by atoms with Gasteiger partial charge in [0.15, 0.2) is 0 Å². The van der Waals surface area contributed by atoms with Crippen molar-refractivity contribution in [3.05, 3.63) is 127 Å². The Kier molecular flexibility index (Phi) is 5.22. The number of rotatable bonds is 4. The zero-order valence-corrected chi connectivity index (χ0v) is 18.6. The highest BCUT2D eigenvalue weighted by atomic mass is 16.2. The SMILES string of the molecule is O[B]c1c2ccccc2c(-c2cc(-c3ccccc3)cc(-c3ccccc3)c2)c2ccccc12. The van der Waals surface area contributed by atoms with Gasteiger partial charge in [0.25, 0.3) is 0 Å². The molecule has 0 atom stereocenters. The van der Waals surface area contributed by atoms with Crippen LogP contribution in [0.5, 0.6) is 0 Å². The van der Waals surface area contributed by atoms with Crippen molar-refractivity contribution < 1.29 is 5.02 Å². The molecule has 0 spiro atoms. The van der Waals surface area contributed by atoms with Gasteiger partial charge in [-0.15, -0.1) is 0 Å². The minimum Gasteiger partial charge on any atom is -0.450 e. The normalized spacial score (nSPS) is 11.1.